The highest BCUT2D eigenvalue weighted by molar-refractivity contribution is 5.97. The fraction of sp³-hybridized carbons (Fsp3) is 0.615. The SMILES string of the molecule is CC[C@H](C)[C@H](NC(=O)CN(C)C(=O)[C@H](CC(C)C)NC(=O)[C@H](C)NC(=O)[C@H]1CCCN1C(=O)[C@H](CO)NC(=O)CNC(=O)[C@H](Cc1ccccc1)NC(C)=O)C(=O)O. The second kappa shape index (κ2) is 23.6. The van der Waals surface area contributed by atoms with Crippen LogP contribution in [0.15, 0.2) is 30.3 Å². The Morgan fingerprint density at radius 1 is 0.845 bits per heavy atom. The Balaban J connectivity index is 2.01. The number of aliphatic carboxylic acids is 1. The first-order valence-electron chi connectivity index (χ1n) is 19.5. The lowest BCUT2D eigenvalue weighted by Gasteiger charge is -2.29. The van der Waals surface area contributed by atoms with Crippen molar-refractivity contribution in [3.8, 4) is 0 Å². The molecule has 0 radical (unpaired) electrons. The van der Waals surface area contributed by atoms with Crippen LogP contribution in [0.25, 0.3) is 0 Å². The third-order valence-electron chi connectivity index (χ3n) is 9.68. The van der Waals surface area contributed by atoms with Gasteiger partial charge in [-0.15, -0.1) is 0 Å². The fourth-order valence-electron chi connectivity index (χ4n) is 6.36. The van der Waals surface area contributed by atoms with Crippen LogP contribution in [0.2, 0.25) is 0 Å². The van der Waals surface area contributed by atoms with Crippen LogP contribution in [0.4, 0.5) is 0 Å². The number of carbonyl (C=O) groups is 9. The molecule has 8 amide bonds. The molecule has 0 aromatic heterocycles. The van der Waals surface area contributed by atoms with Gasteiger partial charge in [0.2, 0.25) is 47.3 Å². The number of carboxylic acid groups (broad SMARTS) is 1. The number of amides is 8. The number of aliphatic hydroxyl groups is 1. The van der Waals surface area contributed by atoms with Gasteiger partial charge in [0, 0.05) is 26.9 Å². The molecule has 1 aliphatic rings. The van der Waals surface area contributed by atoms with E-state index in [4.69, 9.17) is 0 Å². The van der Waals surface area contributed by atoms with Gasteiger partial charge < -0.3 is 51.9 Å². The maximum atomic E-state index is 13.5. The van der Waals surface area contributed by atoms with Crippen LogP contribution < -0.4 is 31.9 Å². The lowest BCUT2D eigenvalue weighted by molar-refractivity contribution is -0.144. The Morgan fingerprint density at radius 2 is 1.50 bits per heavy atom. The monoisotopic (exact) mass is 816 g/mol. The van der Waals surface area contributed by atoms with Gasteiger partial charge in [-0.25, -0.2) is 4.79 Å². The van der Waals surface area contributed by atoms with Crippen molar-refractivity contribution in [2.45, 2.75) is 110 Å². The highest BCUT2D eigenvalue weighted by atomic mass is 16.4. The summed E-state index contributed by atoms with van der Waals surface area (Å²) in [7, 11) is 1.35. The van der Waals surface area contributed by atoms with Crippen molar-refractivity contribution in [2.24, 2.45) is 11.8 Å². The molecule has 0 aliphatic carbocycles. The molecule has 0 saturated carbocycles. The number of aliphatic hydroxyl groups excluding tert-OH is 1. The summed E-state index contributed by atoms with van der Waals surface area (Å²) in [5, 5.41) is 34.5. The minimum atomic E-state index is -1.46. The van der Waals surface area contributed by atoms with E-state index < -0.39 is 109 Å². The van der Waals surface area contributed by atoms with Gasteiger partial charge in [0.05, 0.1) is 19.7 Å². The zero-order valence-corrected chi connectivity index (χ0v) is 34.3. The van der Waals surface area contributed by atoms with Crippen molar-refractivity contribution in [3.63, 3.8) is 0 Å². The normalized spacial score (nSPS) is 16.7. The summed E-state index contributed by atoms with van der Waals surface area (Å²) in [5.74, 6) is -6.96. The average Bonchev–Trinajstić information content (AvgIpc) is 3.67. The maximum Gasteiger partial charge on any atom is 0.326 e. The van der Waals surface area contributed by atoms with Crippen LogP contribution in [0.3, 0.4) is 0 Å². The summed E-state index contributed by atoms with van der Waals surface area (Å²) in [6.45, 7) is 8.05. The minimum absolute atomic E-state index is 0.0715. The van der Waals surface area contributed by atoms with Gasteiger partial charge in [-0.1, -0.05) is 64.4 Å². The standard InChI is InChI=1S/C39H60N8O11/c1-8-23(4)33(39(57)58)45-32(51)20-46(7)37(55)28(17-22(2)3)44-34(52)24(5)41-36(54)30-15-12-16-47(30)38(56)29(21-48)43-31(50)19-40-35(53)27(42-25(6)49)18-26-13-10-9-11-14-26/h9-11,13-14,22-24,27-30,33,48H,8,12,15-21H2,1-7H3,(H,40,53)(H,41,54)(H,42,49)(H,43,50)(H,44,52)(H,45,51)(H,57,58)/t23-,24-,27-,28-,29-,30+,33-/m0/s1. The van der Waals surface area contributed by atoms with E-state index in [1.54, 1.807) is 44.2 Å². The van der Waals surface area contributed by atoms with E-state index in [-0.39, 0.29) is 37.6 Å². The van der Waals surface area contributed by atoms with Gasteiger partial charge >= 0.3 is 5.97 Å². The van der Waals surface area contributed by atoms with Crippen molar-refractivity contribution in [1.82, 2.24) is 41.7 Å². The second-order valence-electron chi connectivity index (χ2n) is 15.0. The molecule has 1 aromatic carbocycles. The van der Waals surface area contributed by atoms with Gasteiger partial charge in [-0.3, -0.25) is 38.4 Å². The van der Waals surface area contributed by atoms with E-state index in [0.717, 1.165) is 10.5 Å². The molecule has 8 N–H and O–H groups in total. The van der Waals surface area contributed by atoms with Crippen LogP contribution in [0, 0.1) is 11.8 Å². The van der Waals surface area contributed by atoms with Crippen molar-refractivity contribution >= 4 is 53.2 Å². The number of likely N-dealkylation sites (N-methyl/N-ethyl adjacent to an activating group) is 1. The molecule has 19 nitrogen and oxygen atoms in total. The highest BCUT2D eigenvalue weighted by Crippen LogP contribution is 2.19. The zero-order chi connectivity index (χ0) is 43.7. The predicted octanol–water partition coefficient (Wildman–Crippen LogP) is -1.57. The molecule has 1 aromatic rings. The van der Waals surface area contributed by atoms with E-state index in [1.165, 1.54) is 25.8 Å². The molecule has 2 rings (SSSR count). The molecule has 58 heavy (non-hydrogen) atoms. The lowest BCUT2D eigenvalue weighted by Crippen LogP contribution is -2.58. The van der Waals surface area contributed by atoms with E-state index in [2.05, 4.69) is 31.9 Å². The van der Waals surface area contributed by atoms with Gasteiger partial charge in [0.15, 0.2) is 0 Å². The van der Waals surface area contributed by atoms with Crippen molar-refractivity contribution in [2.75, 3.05) is 33.3 Å². The largest absolute Gasteiger partial charge is 0.480 e. The fourth-order valence-corrected chi connectivity index (χ4v) is 6.36. The molecule has 0 unspecified atom stereocenters. The summed E-state index contributed by atoms with van der Waals surface area (Å²) in [5.41, 5.74) is 0.773. The number of carboxylic acids is 1. The topological polar surface area (TPSA) is 273 Å². The van der Waals surface area contributed by atoms with E-state index in [0.29, 0.717) is 12.8 Å². The molecular weight excluding hydrogens is 756 g/mol. The quantitative estimate of drug-likeness (QED) is 0.0662. The number of benzene rings is 1. The Labute approximate surface area is 338 Å². The average molecular weight is 817 g/mol. The molecule has 19 heteroatoms. The van der Waals surface area contributed by atoms with Crippen LogP contribution in [0.1, 0.15) is 72.8 Å². The highest BCUT2D eigenvalue weighted by Gasteiger charge is 2.39. The van der Waals surface area contributed by atoms with Gasteiger partial charge in [0.25, 0.3) is 0 Å². The number of hydrogen-bond acceptors (Lipinski definition) is 10. The molecule has 0 spiro atoms. The third kappa shape index (κ3) is 15.4. The molecule has 0 bridgehead atoms. The minimum Gasteiger partial charge on any atom is -0.480 e. The van der Waals surface area contributed by atoms with Gasteiger partial charge in [-0.05, 0) is 43.6 Å². The molecule has 7 atom stereocenters. The molecule has 1 fully saturated rings. The zero-order valence-electron chi connectivity index (χ0n) is 34.3. The smallest absolute Gasteiger partial charge is 0.326 e. The van der Waals surface area contributed by atoms with E-state index in [1.807, 2.05) is 13.8 Å². The summed E-state index contributed by atoms with van der Waals surface area (Å²) < 4.78 is 0. The summed E-state index contributed by atoms with van der Waals surface area (Å²) in [6, 6.07) is 2.03. The lowest BCUT2D eigenvalue weighted by atomic mass is 9.99. The van der Waals surface area contributed by atoms with Crippen LogP contribution in [-0.4, -0.2) is 143 Å². The molecule has 322 valence electrons. The molecule has 1 heterocycles. The number of carbonyl (C=O) groups excluding carboxylic acids is 8. The van der Waals surface area contributed by atoms with Gasteiger partial charge in [0.1, 0.15) is 36.3 Å². The third-order valence-corrected chi connectivity index (χ3v) is 9.68. The summed E-state index contributed by atoms with van der Waals surface area (Å²) in [4.78, 5) is 118. The maximum absolute atomic E-state index is 13.5. The summed E-state index contributed by atoms with van der Waals surface area (Å²) in [6.07, 6.45) is 1.49. The first-order chi connectivity index (χ1) is 27.3. The molecule has 1 aliphatic heterocycles. The van der Waals surface area contributed by atoms with E-state index in [9.17, 15) is 53.4 Å². The molecule has 1 saturated heterocycles. The number of nitrogens with one attached hydrogen (secondary N) is 6. The number of nitrogens with zero attached hydrogens (tertiary/aromatic N) is 2. The number of rotatable bonds is 22. The Bertz CT molecular complexity index is 1630. The molecular formula is C39H60N8O11. The van der Waals surface area contributed by atoms with Crippen LogP contribution >= 0.6 is 0 Å². The van der Waals surface area contributed by atoms with Gasteiger partial charge in [-0.2, -0.15) is 0 Å². The number of hydrogen-bond donors (Lipinski definition) is 8. The second-order valence-corrected chi connectivity index (χ2v) is 15.0. The van der Waals surface area contributed by atoms with Crippen molar-refractivity contribution in [1.29, 1.82) is 0 Å². The van der Waals surface area contributed by atoms with Crippen molar-refractivity contribution in [3.05, 3.63) is 35.9 Å². The van der Waals surface area contributed by atoms with E-state index >= 15 is 0 Å². The van der Waals surface area contributed by atoms with Crippen LogP contribution in [0.5, 0.6) is 0 Å². The summed E-state index contributed by atoms with van der Waals surface area (Å²) >= 11 is 0. The first kappa shape index (κ1) is 48.6. The Hall–Kier alpha value is -5.59. The Morgan fingerprint density at radius 3 is 2.07 bits per heavy atom. The number of likely N-dealkylation sites (tertiary alicyclic amines) is 1. The first-order valence-corrected chi connectivity index (χ1v) is 19.5. The predicted molar refractivity (Wildman–Crippen MR) is 210 cm³/mol. The Kier molecular flexibility index (Phi) is 19.8. The van der Waals surface area contributed by atoms with Crippen molar-refractivity contribution < 1.29 is 53.4 Å². The van der Waals surface area contributed by atoms with Crippen LogP contribution in [-0.2, 0) is 49.6 Å².